The molecule has 0 N–H and O–H groups in total. The minimum absolute atomic E-state index is 0.454. The molecule has 2 fully saturated rings. The van der Waals surface area contributed by atoms with E-state index in [4.69, 9.17) is 4.98 Å². The van der Waals surface area contributed by atoms with Gasteiger partial charge in [-0.05, 0) is 50.5 Å². The van der Waals surface area contributed by atoms with E-state index >= 15 is 0 Å². The molecule has 3 nitrogen and oxygen atoms in total. The molecule has 2 heterocycles. The van der Waals surface area contributed by atoms with Crippen molar-refractivity contribution in [3.63, 3.8) is 0 Å². The van der Waals surface area contributed by atoms with Crippen molar-refractivity contribution in [3.05, 3.63) is 65.7 Å². The molecule has 0 spiro atoms. The fourth-order valence-corrected chi connectivity index (χ4v) is 4.99. The van der Waals surface area contributed by atoms with Crippen molar-refractivity contribution < 1.29 is 0 Å². The molecule has 3 aliphatic rings. The summed E-state index contributed by atoms with van der Waals surface area (Å²) in [6.45, 7) is 2.02. The normalized spacial score (nSPS) is 28.9. The van der Waals surface area contributed by atoms with Crippen molar-refractivity contribution in [3.8, 4) is 17.1 Å². The first-order valence-corrected chi connectivity index (χ1v) is 8.37. The molecule has 1 aromatic carbocycles. The summed E-state index contributed by atoms with van der Waals surface area (Å²) in [5.41, 5.74) is 7.13. The zero-order valence-corrected chi connectivity index (χ0v) is 13.1. The van der Waals surface area contributed by atoms with Crippen molar-refractivity contribution in [1.82, 2.24) is 14.5 Å². The number of aromatic nitrogens is 3. The second-order valence-corrected chi connectivity index (χ2v) is 7.33. The van der Waals surface area contributed by atoms with E-state index in [1.54, 1.807) is 0 Å². The molecule has 0 radical (unpaired) electrons. The average molecular weight is 299 g/mol. The number of benzene rings is 1. The predicted octanol–water partition coefficient (Wildman–Crippen LogP) is 3.93. The highest BCUT2D eigenvalue weighted by Crippen LogP contribution is 2.86. The standard InChI is InChI=1S/C20H17N3/c1-13-7-8-14(11-21-13)18-22-16-17(20-10-9-19(16,20)12-20)23(18)15-5-3-2-4-6-15/h2-8,11H,9-10,12H2,1H3. The van der Waals surface area contributed by atoms with Gasteiger partial charge in [-0.3, -0.25) is 9.55 Å². The Morgan fingerprint density at radius 2 is 1.83 bits per heavy atom. The van der Waals surface area contributed by atoms with Gasteiger partial charge in [0.25, 0.3) is 0 Å². The minimum Gasteiger partial charge on any atom is -0.296 e. The van der Waals surface area contributed by atoms with Gasteiger partial charge in [0.15, 0.2) is 0 Å². The highest BCUT2D eigenvalue weighted by atomic mass is 15.2. The maximum absolute atomic E-state index is 5.09. The molecule has 2 aromatic heterocycles. The summed E-state index contributed by atoms with van der Waals surface area (Å²) in [5.74, 6) is 1.06. The van der Waals surface area contributed by atoms with Crippen LogP contribution in [0.2, 0.25) is 0 Å². The summed E-state index contributed by atoms with van der Waals surface area (Å²) in [5, 5.41) is 0. The van der Waals surface area contributed by atoms with E-state index in [1.165, 1.54) is 36.3 Å². The Labute approximate surface area is 135 Å². The van der Waals surface area contributed by atoms with Crippen LogP contribution >= 0.6 is 0 Å². The Morgan fingerprint density at radius 1 is 1.00 bits per heavy atom. The molecular formula is C20H17N3. The lowest BCUT2D eigenvalue weighted by Gasteiger charge is -2.44. The maximum atomic E-state index is 5.09. The number of nitrogens with zero attached hydrogens (tertiary/aromatic N) is 3. The van der Waals surface area contributed by atoms with Crippen LogP contribution in [0.4, 0.5) is 0 Å². The molecule has 6 rings (SSSR count). The number of fused-ring (bicyclic) bond motifs is 1. The van der Waals surface area contributed by atoms with E-state index in [9.17, 15) is 0 Å². The van der Waals surface area contributed by atoms with Crippen LogP contribution in [-0.2, 0) is 10.8 Å². The molecule has 112 valence electrons. The Morgan fingerprint density at radius 3 is 2.52 bits per heavy atom. The molecule has 3 aliphatic carbocycles. The first-order valence-electron chi connectivity index (χ1n) is 8.37. The topological polar surface area (TPSA) is 30.7 Å². The van der Waals surface area contributed by atoms with Gasteiger partial charge in [0.2, 0.25) is 0 Å². The fourth-order valence-electron chi connectivity index (χ4n) is 4.99. The first-order chi connectivity index (χ1) is 11.3. The molecule has 0 aliphatic heterocycles. The molecule has 2 atom stereocenters. The minimum atomic E-state index is 0.454. The van der Waals surface area contributed by atoms with Gasteiger partial charge in [-0.1, -0.05) is 18.2 Å². The van der Waals surface area contributed by atoms with Crippen LogP contribution in [0.1, 0.15) is 36.3 Å². The van der Waals surface area contributed by atoms with Crippen molar-refractivity contribution >= 4 is 0 Å². The quantitative estimate of drug-likeness (QED) is 0.718. The van der Waals surface area contributed by atoms with Gasteiger partial charge >= 0.3 is 0 Å². The molecule has 3 aromatic rings. The van der Waals surface area contributed by atoms with Crippen molar-refractivity contribution in [2.24, 2.45) is 0 Å². The highest BCUT2D eigenvalue weighted by Gasteiger charge is 2.85. The van der Waals surface area contributed by atoms with Crippen LogP contribution in [0.15, 0.2) is 48.7 Å². The number of imidazole rings is 1. The lowest BCUT2D eigenvalue weighted by molar-refractivity contribution is 0.274. The Bertz CT molecular complexity index is 955. The Balaban J connectivity index is 1.63. The van der Waals surface area contributed by atoms with Crippen LogP contribution in [0.25, 0.3) is 17.1 Å². The molecule has 23 heavy (non-hydrogen) atoms. The molecule has 0 saturated heterocycles. The SMILES string of the molecule is Cc1ccc(-c2nc3c(n2-c2ccccc2)C24CCC32C4)cn1. The predicted molar refractivity (Wildman–Crippen MR) is 88.7 cm³/mol. The van der Waals surface area contributed by atoms with Gasteiger partial charge < -0.3 is 0 Å². The summed E-state index contributed by atoms with van der Waals surface area (Å²) in [7, 11) is 0. The molecule has 3 heteroatoms. The van der Waals surface area contributed by atoms with Crippen molar-refractivity contribution in [1.29, 1.82) is 0 Å². The van der Waals surface area contributed by atoms with Crippen LogP contribution in [0, 0.1) is 6.92 Å². The molecular weight excluding hydrogens is 282 g/mol. The smallest absolute Gasteiger partial charge is 0.146 e. The van der Waals surface area contributed by atoms with Gasteiger partial charge in [-0.25, -0.2) is 4.98 Å². The first kappa shape index (κ1) is 12.1. The third kappa shape index (κ3) is 1.18. The Hall–Kier alpha value is -2.42. The number of para-hydroxylation sites is 1. The van der Waals surface area contributed by atoms with Crippen LogP contribution < -0.4 is 0 Å². The van der Waals surface area contributed by atoms with Gasteiger partial charge in [-0.2, -0.15) is 0 Å². The number of hydrogen-bond acceptors (Lipinski definition) is 2. The maximum Gasteiger partial charge on any atom is 0.146 e. The molecule has 0 amide bonds. The van der Waals surface area contributed by atoms with Gasteiger partial charge in [0.05, 0.1) is 11.4 Å². The highest BCUT2D eigenvalue weighted by molar-refractivity contribution is 5.72. The van der Waals surface area contributed by atoms with E-state index in [0.717, 1.165) is 17.1 Å². The van der Waals surface area contributed by atoms with Crippen LogP contribution in [-0.4, -0.2) is 14.5 Å². The summed E-state index contributed by atoms with van der Waals surface area (Å²) < 4.78 is 2.39. The monoisotopic (exact) mass is 299 g/mol. The van der Waals surface area contributed by atoms with Crippen molar-refractivity contribution in [2.75, 3.05) is 0 Å². The van der Waals surface area contributed by atoms with E-state index in [2.05, 4.69) is 52.0 Å². The molecule has 0 bridgehead atoms. The van der Waals surface area contributed by atoms with Gasteiger partial charge in [0, 0.05) is 34.0 Å². The molecule has 2 unspecified atom stereocenters. The fraction of sp³-hybridized carbons (Fsp3) is 0.300. The number of aryl methyl sites for hydroxylation is 1. The number of rotatable bonds is 2. The van der Waals surface area contributed by atoms with E-state index in [0.29, 0.717) is 10.8 Å². The Kier molecular flexibility index (Phi) is 1.87. The second kappa shape index (κ2) is 3.56. The summed E-state index contributed by atoms with van der Waals surface area (Å²) >= 11 is 0. The van der Waals surface area contributed by atoms with Crippen LogP contribution in [0.5, 0.6) is 0 Å². The number of hydrogen-bond donors (Lipinski definition) is 0. The van der Waals surface area contributed by atoms with Crippen molar-refractivity contribution in [2.45, 2.75) is 37.0 Å². The second-order valence-electron chi connectivity index (χ2n) is 7.33. The summed E-state index contributed by atoms with van der Waals surface area (Å²) in [6, 6.07) is 14.9. The van der Waals surface area contributed by atoms with E-state index in [-0.39, 0.29) is 0 Å². The summed E-state index contributed by atoms with van der Waals surface area (Å²) in [6.07, 6.45) is 5.96. The summed E-state index contributed by atoms with van der Waals surface area (Å²) in [4.78, 5) is 9.56. The van der Waals surface area contributed by atoms with Gasteiger partial charge in [0.1, 0.15) is 5.82 Å². The lowest BCUT2D eigenvalue weighted by atomic mass is 9.60. The lowest BCUT2D eigenvalue weighted by Crippen LogP contribution is -2.44. The van der Waals surface area contributed by atoms with E-state index < -0.39 is 0 Å². The average Bonchev–Trinajstić information content (AvgIpc) is 2.93. The molecule has 2 saturated carbocycles. The zero-order valence-electron chi connectivity index (χ0n) is 13.1. The van der Waals surface area contributed by atoms with E-state index in [1.807, 2.05) is 13.1 Å². The third-order valence-corrected chi connectivity index (χ3v) is 6.34. The van der Waals surface area contributed by atoms with Crippen LogP contribution in [0.3, 0.4) is 0 Å². The van der Waals surface area contributed by atoms with Gasteiger partial charge in [-0.15, -0.1) is 0 Å². The largest absolute Gasteiger partial charge is 0.296 e. The third-order valence-electron chi connectivity index (χ3n) is 6.34. The number of pyridine rings is 1. The zero-order chi connectivity index (χ0) is 15.2.